The fraction of sp³-hybridized carbons (Fsp3) is 0.619. The van der Waals surface area contributed by atoms with E-state index in [4.69, 9.17) is 14.5 Å². The minimum Gasteiger partial charge on any atom is -0.497 e. The number of methoxy groups -OCH3 is 1. The number of piperidine rings is 1. The second kappa shape index (κ2) is 11.5. The molecule has 0 aromatic heterocycles. The van der Waals surface area contributed by atoms with Gasteiger partial charge in [0.15, 0.2) is 5.96 Å². The van der Waals surface area contributed by atoms with Crippen LogP contribution in [-0.2, 0) is 16.0 Å². The Hall–Kier alpha value is -2.24. The Balaban J connectivity index is 1.87. The molecular weight excluding hydrogens is 342 g/mol. The Bertz CT molecular complexity index is 601. The molecule has 0 aliphatic carbocycles. The standard InChI is InChI=1S/C21H33N3O3/c1-4-22-21(24-15-7-9-18(16-24)20(25)27-5-2)23-14-6-8-17-10-12-19(26-3)13-11-17/h10-13,18H,4-9,14-16H2,1-3H3,(H,22,23). The Labute approximate surface area is 162 Å². The molecule has 1 aliphatic heterocycles. The van der Waals surface area contributed by atoms with Crippen molar-refractivity contribution in [1.82, 2.24) is 10.2 Å². The lowest BCUT2D eigenvalue weighted by atomic mass is 9.98. The van der Waals surface area contributed by atoms with E-state index in [0.717, 1.165) is 57.0 Å². The number of hydrogen-bond acceptors (Lipinski definition) is 4. The van der Waals surface area contributed by atoms with Crippen molar-refractivity contribution in [3.8, 4) is 5.75 Å². The van der Waals surface area contributed by atoms with Gasteiger partial charge in [0.25, 0.3) is 0 Å². The number of nitrogens with zero attached hydrogens (tertiary/aromatic N) is 2. The summed E-state index contributed by atoms with van der Waals surface area (Å²) in [6.45, 7) is 7.55. The van der Waals surface area contributed by atoms with Gasteiger partial charge in [-0.15, -0.1) is 0 Å². The SMILES string of the molecule is CCNC(=NCCCc1ccc(OC)cc1)N1CCCC(C(=O)OCC)C1. The van der Waals surface area contributed by atoms with Crippen molar-refractivity contribution in [3.63, 3.8) is 0 Å². The van der Waals surface area contributed by atoms with E-state index in [-0.39, 0.29) is 11.9 Å². The molecule has 27 heavy (non-hydrogen) atoms. The van der Waals surface area contributed by atoms with Gasteiger partial charge in [-0.1, -0.05) is 12.1 Å². The van der Waals surface area contributed by atoms with E-state index in [1.807, 2.05) is 19.1 Å². The van der Waals surface area contributed by atoms with Gasteiger partial charge in [0, 0.05) is 26.2 Å². The molecule has 1 aliphatic rings. The highest BCUT2D eigenvalue weighted by molar-refractivity contribution is 5.81. The predicted molar refractivity (Wildman–Crippen MR) is 108 cm³/mol. The smallest absolute Gasteiger partial charge is 0.310 e. The highest BCUT2D eigenvalue weighted by atomic mass is 16.5. The lowest BCUT2D eigenvalue weighted by Gasteiger charge is -2.34. The summed E-state index contributed by atoms with van der Waals surface area (Å²) in [6.07, 6.45) is 3.85. The quantitative estimate of drug-likeness (QED) is 0.328. The van der Waals surface area contributed by atoms with Crippen molar-refractivity contribution in [2.45, 2.75) is 39.5 Å². The van der Waals surface area contributed by atoms with E-state index in [2.05, 4.69) is 29.3 Å². The van der Waals surface area contributed by atoms with Crippen molar-refractivity contribution in [2.75, 3.05) is 39.9 Å². The normalized spacial score (nSPS) is 17.5. The Morgan fingerprint density at radius 2 is 2.07 bits per heavy atom. The minimum atomic E-state index is -0.0856. The number of guanidine groups is 1. The van der Waals surface area contributed by atoms with Crippen LogP contribution < -0.4 is 10.1 Å². The largest absolute Gasteiger partial charge is 0.497 e. The van der Waals surface area contributed by atoms with Crippen LogP contribution in [-0.4, -0.2) is 56.7 Å². The summed E-state index contributed by atoms with van der Waals surface area (Å²) < 4.78 is 10.4. The van der Waals surface area contributed by atoms with Crippen molar-refractivity contribution < 1.29 is 14.3 Å². The number of esters is 1. The number of benzene rings is 1. The first-order chi connectivity index (χ1) is 13.2. The summed E-state index contributed by atoms with van der Waals surface area (Å²) in [5, 5.41) is 3.36. The maximum atomic E-state index is 12.1. The summed E-state index contributed by atoms with van der Waals surface area (Å²) in [7, 11) is 1.68. The Morgan fingerprint density at radius 1 is 1.30 bits per heavy atom. The van der Waals surface area contributed by atoms with Gasteiger partial charge in [-0.25, -0.2) is 0 Å². The van der Waals surface area contributed by atoms with Gasteiger partial charge < -0.3 is 19.7 Å². The number of hydrogen-bond donors (Lipinski definition) is 1. The molecule has 1 aromatic rings. The van der Waals surface area contributed by atoms with Gasteiger partial charge in [0.2, 0.25) is 0 Å². The lowest BCUT2D eigenvalue weighted by molar-refractivity contribution is -0.149. The minimum absolute atomic E-state index is 0.0538. The number of nitrogens with one attached hydrogen (secondary N) is 1. The third-order valence-electron chi connectivity index (χ3n) is 4.72. The number of carbonyl (C=O) groups excluding carboxylic acids is 1. The number of likely N-dealkylation sites (tertiary alicyclic amines) is 1. The van der Waals surface area contributed by atoms with Gasteiger partial charge in [-0.05, 0) is 57.2 Å². The maximum absolute atomic E-state index is 12.1. The highest BCUT2D eigenvalue weighted by Gasteiger charge is 2.28. The van der Waals surface area contributed by atoms with E-state index in [1.54, 1.807) is 7.11 Å². The lowest BCUT2D eigenvalue weighted by Crippen LogP contribution is -2.48. The van der Waals surface area contributed by atoms with Crippen LogP contribution in [0.25, 0.3) is 0 Å². The molecule has 1 atom stereocenters. The molecule has 0 spiro atoms. The molecule has 1 fully saturated rings. The van der Waals surface area contributed by atoms with Crippen LogP contribution in [0, 0.1) is 5.92 Å². The first kappa shape index (κ1) is 21.1. The molecule has 1 N–H and O–H groups in total. The maximum Gasteiger partial charge on any atom is 0.310 e. The molecule has 1 aromatic carbocycles. The van der Waals surface area contributed by atoms with Gasteiger partial charge in [-0.2, -0.15) is 0 Å². The molecule has 2 rings (SSSR count). The van der Waals surface area contributed by atoms with Crippen LogP contribution in [0.4, 0.5) is 0 Å². The molecule has 0 bridgehead atoms. The topological polar surface area (TPSA) is 63.2 Å². The third kappa shape index (κ3) is 6.77. The second-order valence-electron chi connectivity index (χ2n) is 6.72. The van der Waals surface area contributed by atoms with E-state index in [9.17, 15) is 4.79 Å². The molecule has 6 heteroatoms. The zero-order chi connectivity index (χ0) is 19.5. The average Bonchev–Trinajstić information content (AvgIpc) is 2.71. The summed E-state index contributed by atoms with van der Waals surface area (Å²) in [5.41, 5.74) is 1.29. The number of rotatable bonds is 8. The van der Waals surface area contributed by atoms with Gasteiger partial charge >= 0.3 is 5.97 Å². The first-order valence-electron chi connectivity index (χ1n) is 10.0. The van der Waals surface area contributed by atoms with Gasteiger partial charge in [0.1, 0.15) is 5.75 Å². The third-order valence-corrected chi connectivity index (χ3v) is 4.72. The molecule has 1 unspecified atom stereocenters. The monoisotopic (exact) mass is 375 g/mol. The molecule has 1 heterocycles. The number of aliphatic imine (C=N–C) groups is 1. The van der Waals surface area contributed by atoms with E-state index < -0.39 is 0 Å². The fourth-order valence-electron chi connectivity index (χ4n) is 3.31. The molecular formula is C21H33N3O3. The second-order valence-corrected chi connectivity index (χ2v) is 6.72. The number of ether oxygens (including phenoxy) is 2. The number of carbonyl (C=O) groups is 1. The van der Waals surface area contributed by atoms with Gasteiger partial charge in [-0.3, -0.25) is 9.79 Å². The van der Waals surface area contributed by atoms with Crippen molar-refractivity contribution in [3.05, 3.63) is 29.8 Å². The van der Waals surface area contributed by atoms with Crippen LogP contribution in [0.3, 0.4) is 0 Å². The fourth-order valence-corrected chi connectivity index (χ4v) is 3.31. The zero-order valence-corrected chi connectivity index (χ0v) is 16.9. The van der Waals surface area contributed by atoms with Crippen LogP contribution in [0.15, 0.2) is 29.3 Å². The molecule has 6 nitrogen and oxygen atoms in total. The summed E-state index contributed by atoms with van der Waals surface area (Å²) in [4.78, 5) is 19.0. The van der Waals surface area contributed by atoms with Crippen molar-refractivity contribution in [2.24, 2.45) is 10.9 Å². The van der Waals surface area contributed by atoms with Gasteiger partial charge in [0.05, 0.1) is 19.6 Å². The Morgan fingerprint density at radius 3 is 2.74 bits per heavy atom. The van der Waals surface area contributed by atoms with Crippen molar-refractivity contribution in [1.29, 1.82) is 0 Å². The van der Waals surface area contributed by atoms with E-state index in [1.165, 1.54) is 5.56 Å². The number of aryl methyl sites for hydroxylation is 1. The van der Waals surface area contributed by atoms with E-state index >= 15 is 0 Å². The predicted octanol–water partition coefficient (Wildman–Crippen LogP) is 2.87. The van der Waals surface area contributed by atoms with Crippen LogP contribution in [0.1, 0.15) is 38.7 Å². The molecule has 150 valence electrons. The summed E-state index contributed by atoms with van der Waals surface area (Å²) in [5.74, 6) is 1.65. The molecule has 0 saturated carbocycles. The Kier molecular flexibility index (Phi) is 8.95. The zero-order valence-electron chi connectivity index (χ0n) is 16.9. The summed E-state index contributed by atoms with van der Waals surface area (Å²) >= 11 is 0. The van der Waals surface area contributed by atoms with Crippen molar-refractivity contribution >= 4 is 11.9 Å². The molecule has 1 saturated heterocycles. The summed E-state index contributed by atoms with van der Waals surface area (Å²) in [6, 6.07) is 8.18. The first-order valence-corrected chi connectivity index (χ1v) is 10.0. The van der Waals surface area contributed by atoms with Crippen LogP contribution in [0.2, 0.25) is 0 Å². The van der Waals surface area contributed by atoms with E-state index in [0.29, 0.717) is 13.2 Å². The van der Waals surface area contributed by atoms with Crippen LogP contribution in [0.5, 0.6) is 5.75 Å². The average molecular weight is 376 g/mol. The highest BCUT2D eigenvalue weighted by Crippen LogP contribution is 2.18. The molecule has 0 radical (unpaired) electrons. The molecule has 0 amide bonds. The van der Waals surface area contributed by atoms with Crippen LogP contribution >= 0.6 is 0 Å².